The van der Waals surface area contributed by atoms with Crippen LogP contribution in [0.15, 0.2) is 97.1 Å². The number of nitrogens with zero attached hydrogens (tertiary/aromatic N) is 1. The molecular formula is C30H27NO2P2. The lowest BCUT2D eigenvalue weighted by Gasteiger charge is -2.45. The van der Waals surface area contributed by atoms with Gasteiger partial charge in [0, 0.05) is 27.8 Å². The van der Waals surface area contributed by atoms with Gasteiger partial charge in [-0.05, 0) is 48.2 Å². The van der Waals surface area contributed by atoms with Crippen molar-refractivity contribution < 1.29 is 9.05 Å². The van der Waals surface area contributed by atoms with Crippen LogP contribution in [0.3, 0.4) is 0 Å². The van der Waals surface area contributed by atoms with Crippen molar-refractivity contribution in [2.45, 2.75) is 38.1 Å². The third-order valence-corrected chi connectivity index (χ3v) is 11.9. The van der Waals surface area contributed by atoms with Crippen molar-refractivity contribution in [1.82, 2.24) is 4.44 Å². The molecule has 0 aromatic heterocycles. The monoisotopic (exact) mass is 495 g/mol. The van der Waals surface area contributed by atoms with E-state index in [0.29, 0.717) is 6.04 Å². The van der Waals surface area contributed by atoms with E-state index in [2.05, 4.69) is 102 Å². The van der Waals surface area contributed by atoms with Crippen LogP contribution in [-0.2, 0) is 0 Å². The van der Waals surface area contributed by atoms with Crippen LogP contribution in [0.2, 0.25) is 0 Å². The summed E-state index contributed by atoms with van der Waals surface area (Å²) in [4.78, 5) is 0. The largest absolute Gasteiger partial charge is 0.453 e. The van der Waals surface area contributed by atoms with Crippen molar-refractivity contribution in [3.8, 4) is 33.8 Å². The lowest BCUT2D eigenvalue weighted by Crippen LogP contribution is -2.38. The minimum absolute atomic E-state index is 0.442. The molecule has 2 aliphatic heterocycles. The maximum absolute atomic E-state index is 6.96. The summed E-state index contributed by atoms with van der Waals surface area (Å²) in [5.74, 6) is 1.97. The van der Waals surface area contributed by atoms with Gasteiger partial charge in [0.2, 0.25) is 16.6 Å². The van der Waals surface area contributed by atoms with Crippen LogP contribution in [0.4, 0.5) is 0 Å². The van der Waals surface area contributed by atoms with Gasteiger partial charge < -0.3 is 9.05 Å². The minimum atomic E-state index is -1.06. The van der Waals surface area contributed by atoms with Gasteiger partial charge in [-0.25, -0.2) is 0 Å². The van der Waals surface area contributed by atoms with E-state index >= 15 is 0 Å². The zero-order valence-corrected chi connectivity index (χ0v) is 21.3. The molecule has 0 radical (unpaired) electrons. The Morgan fingerprint density at radius 2 is 0.943 bits per heavy atom. The molecule has 1 fully saturated rings. The van der Waals surface area contributed by atoms with Crippen molar-refractivity contribution in [1.29, 1.82) is 0 Å². The molecule has 1 aliphatic carbocycles. The summed E-state index contributed by atoms with van der Waals surface area (Å²) in [5, 5.41) is 2.60. The zero-order valence-electron chi connectivity index (χ0n) is 19.5. The van der Waals surface area contributed by atoms with Crippen LogP contribution < -0.4 is 19.7 Å². The van der Waals surface area contributed by atoms with E-state index in [4.69, 9.17) is 9.05 Å². The molecule has 1 saturated carbocycles. The van der Waals surface area contributed by atoms with Gasteiger partial charge in [-0.1, -0.05) is 92.1 Å². The van der Waals surface area contributed by atoms with E-state index in [0.717, 1.165) is 11.5 Å². The second kappa shape index (κ2) is 9.07. The summed E-state index contributed by atoms with van der Waals surface area (Å²) in [6.07, 6.45) is 6.24. The van der Waals surface area contributed by atoms with Crippen molar-refractivity contribution in [2.75, 3.05) is 0 Å². The SMILES string of the molecule is c1ccc2c(c1)OP(N(C1CCCCC1)P1Oc3ccccc3-c3ccccc31)c1ccccc1-2. The summed E-state index contributed by atoms with van der Waals surface area (Å²) in [6, 6.07) is 35.1. The van der Waals surface area contributed by atoms with Crippen LogP contribution >= 0.6 is 16.6 Å². The number of hydrogen-bond donors (Lipinski definition) is 0. The molecule has 2 heterocycles. The van der Waals surface area contributed by atoms with Crippen molar-refractivity contribution in [2.24, 2.45) is 0 Å². The fraction of sp³-hybridized carbons (Fsp3) is 0.200. The molecule has 0 spiro atoms. The van der Waals surface area contributed by atoms with Gasteiger partial charge in [0.15, 0.2) is 0 Å². The van der Waals surface area contributed by atoms with Crippen molar-refractivity contribution >= 4 is 27.2 Å². The topological polar surface area (TPSA) is 21.7 Å². The van der Waals surface area contributed by atoms with Gasteiger partial charge in [-0.2, -0.15) is 4.44 Å². The zero-order chi connectivity index (χ0) is 23.2. The molecule has 174 valence electrons. The van der Waals surface area contributed by atoms with Crippen LogP contribution in [0, 0.1) is 0 Å². The van der Waals surface area contributed by atoms with Crippen LogP contribution in [0.25, 0.3) is 22.3 Å². The predicted molar refractivity (Wildman–Crippen MR) is 147 cm³/mol. The van der Waals surface area contributed by atoms with Gasteiger partial charge in [0.05, 0.1) is 0 Å². The highest BCUT2D eigenvalue weighted by Gasteiger charge is 2.44. The van der Waals surface area contributed by atoms with E-state index in [1.165, 1.54) is 65.0 Å². The Bertz CT molecular complexity index is 1290. The Labute approximate surface area is 209 Å². The number of benzene rings is 4. The smallest absolute Gasteiger partial charge is 0.204 e. The third kappa shape index (κ3) is 3.69. The Kier molecular flexibility index (Phi) is 5.59. The maximum atomic E-state index is 6.96. The molecule has 3 aliphatic rings. The summed E-state index contributed by atoms with van der Waals surface area (Å²) >= 11 is 0. The molecule has 2 atom stereocenters. The first-order chi connectivity index (χ1) is 17.4. The Hall–Kier alpha value is -2.70. The molecule has 0 amide bonds. The average Bonchev–Trinajstić information content (AvgIpc) is 2.94. The fourth-order valence-corrected chi connectivity index (χ4v) is 10.7. The second-order valence-electron chi connectivity index (χ2n) is 9.37. The van der Waals surface area contributed by atoms with Crippen molar-refractivity contribution in [3.05, 3.63) is 97.1 Å². The molecule has 5 heteroatoms. The number of fused-ring (bicyclic) bond motifs is 6. The minimum Gasteiger partial charge on any atom is -0.453 e. The maximum Gasteiger partial charge on any atom is 0.204 e. The first-order valence-electron chi connectivity index (χ1n) is 12.5. The van der Waals surface area contributed by atoms with E-state index in [1.807, 2.05) is 0 Å². The van der Waals surface area contributed by atoms with Crippen LogP contribution in [-0.4, -0.2) is 10.5 Å². The third-order valence-electron chi connectivity index (χ3n) is 7.22. The normalized spacial score (nSPS) is 20.6. The Morgan fingerprint density at radius 3 is 1.46 bits per heavy atom. The molecule has 7 rings (SSSR count). The molecule has 4 aromatic carbocycles. The highest BCUT2D eigenvalue weighted by atomic mass is 31.2. The lowest BCUT2D eigenvalue weighted by molar-refractivity contribution is 0.330. The fourth-order valence-electron chi connectivity index (χ4n) is 5.55. The van der Waals surface area contributed by atoms with Gasteiger partial charge in [-0.3, -0.25) is 0 Å². The van der Waals surface area contributed by atoms with Gasteiger partial charge in [0.25, 0.3) is 0 Å². The molecule has 0 saturated heterocycles. The molecular weight excluding hydrogens is 468 g/mol. The Morgan fingerprint density at radius 1 is 0.514 bits per heavy atom. The second-order valence-corrected chi connectivity index (χ2v) is 13.0. The Balaban J connectivity index is 1.40. The first kappa shape index (κ1) is 21.6. The summed E-state index contributed by atoms with van der Waals surface area (Å²) in [6.45, 7) is 0. The molecule has 3 nitrogen and oxygen atoms in total. The molecule has 2 unspecified atom stereocenters. The van der Waals surface area contributed by atoms with E-state index in [1.54, 1.807) is 0 Å². The van der Waals surface area contributed by atoms with E-state index < -0.39 is 16.6 Å². The predicted octanol–water partition coefficient (Wildman–Crippen LogP) is 8.01. The lowest BCUT2D eigenvalue weighted by atomic mass is 9.96. The molecule has 0 N–H and O–H groups in total. The van der Waals surface area contributed by atoms with Gasteiger partial charge in [0.1, 0.15) is 11.5 Å². The highest BCUT2D eigenvalue weighted by molar-refractivity contribution is 7.74. The summed E-state index contributed by atoms with van der Waals surface area (Å²) < 4.78 is 16.6. The molecule has 4 aromatic rings. The summed E-state index contributed by atoms with van der Waals surface area (Å²) in [5.41, 5.74) is 4.96. The van der Waals surface area contributed by atoms with Crippen LogP contribution in [0.1, 0.15) is 32.1 Å². The van der Waals surface area contributed by atoms with E-state index in [9.17, 15) is 0 Å². The number of para-hydroxylation sites is 2. The standard InChI is InChI=1S/C30H27NO2P2/c1-2-12-22(13-3-1)31(34-29-20-10-6-16-25(29)23-14-4-8-18-27(23)32-34)35-30-21-11-7-17-26(30)24-15-5-9-19-28(24)33-35/h4-11,14-22H,1-3,12-13H2. The molecule has 0 bridgehead atoms. The quantitative estimate of drug-likeness (QED) is 0.269. The number of hydrogen-bond acceptors (Lipinski definition) is 3. The van der Waals surface area contributed by atoms with Crippen molar-refractivity contribution in [3.63, 3.8) is 0 Å². The van der Waals surface area contributed by atoms with E-state index in [-0.39, 0.29) is 0 Å². The van der Waals surface area contributed by atoms with Gasteiger partial charge >= 0.3 is 0 Å². The van der Waals surface area contributed by atoms with Crippen LogP contribution in [0.5, 0.6) is 11.5 Å². The van der Waals surface area contributed by atoms with Gasteiger partial charge in [-0.15, -0.1) is 0 Å². The average molecular weight is 495 g/mol. The molecule has 35 heavy (non-hydrogen) atoms. The highest BCUT2D eigenvalue weighted by Crippen LogP contribution is 2.64. The number of rotatable bonds is 3. The first-order valence-corrected chi connectivity index (χ1v) is 14.9. The summed E-state index contributed by atoms with van der Waals surface area (Å²) in [7, 11) is -2.12.